The van der Waals surface area contributed by atoms with Crippen molar-refractivity contribution in [3.05, 3.63) is 29.8 Å². The molecule has 0 bridgehead atoms. The van der Waals surface area contributed by atoms with Gasteiger partial charge in [0.25, 0.3) is 0 Å². The third-order valence-electron chi connectivity index (χ3n) is 4.29. The van der Waals surface area contributed by atoms with Crippen LogP contribution in [0.4, 0.5) is 0 Å². The van der Waals surface area contributed by atoms with E-state index >= 15 is 0 Å². The largest absolute Gasteiger partial charge is 0.497 e. The smallest absolute Gasteiger partial charge is 0.188 e. The third kappa shape index (κ3) is 9.71. The van der Waals surface area contributed by atoms with Gasteiger partial charge < -0.3 is 9.47 Å². The highest BCUT2D eigenvalue weighted by Crippen LogP contribution is 2.12. The highest BCUT2D eigenvalue weighted by atomic mass is 16.5. The molecule has 1 aromatic carbocycles. The molecule has 0 spiro atoms. The molecule has 0 heterocycles. The maximum atomic E-state index is 12.0. The highest BCUT2D eigenvalue weighted by molar-refractivity contribution is 5.97. The molecule has 0 aliphatic carbocycles. The molecule has 0 fully saturated rings. The Labute approximate surface area is 147 Å². The van der Waals surface area contributed by atoms with Crippen molar-refractivity contribution in [3.63, 3.8) is 0 Å². The van der Waals surface area contributed by atoms with E-state index in [-0.39, 0.29) is 12.4 Å². The lowest BCUT2D eigenvalue weighted by atomic mass is 10.1. The normalized spacial score (nSPS) is 10.8. The van der Waals surface area contributed by atoms with Crippen LogP contribution in [0.5, 0.6) is 5.75 Å². The van der Waals surface area contributed by atoms with Gasteiger partial charge in [-0.05, 0) is 30.7 Å². The molecular formula is C21H34O3. The summed E-state index contributed by atoms with van der Waals surface area (Å²) in [6.45, 7) is 3.11. The molecule has 0 unspecified atom stereocenters. The van der Waals surface area contributed by atoms with Crippen molar-refractivity contribution in [2.45, 2.75) is 71.1 Å². The summed E-state index contributed by atoms with van der Waals surface area (Å²) >= 11 is 0. The summed E-state index contributed by atoms with van der Waals surface area (Å²) < 4.78 is 10.6. The van der Waals surface area contributed by atoms with Gasteiger partial charge in [0.2, 0.25) is 0 Å². The van der Waals surface area contributed by atoms with Crippen LogP contribution in [0, 0.1) is 0 Å². The Balaban J connectivity index is 1.93. The molecule has 0 atom stereocenters. The number of methoxy groups -OCH3 is 1. The summed E-state index contributed by atoms with van der Waals surface area (Å²) in [7, 11) is 1.62. The minimum absolute atomic E-state index is 0.0322. The molecule has 3 heteroatoms. The zero-order valence-electron chi connectivity index (χ0n) is 15.5. The van der Waals surface area contributed by atoms with E-state index in [1.807, 2.05) is 0 Å². The molecule has 136 valence electrons. The summed E-state index contributed by atoms with van der Waals surface area (Å²) in [5, 5.41) is 0. The number of unbranched alkanes of at least 4 members (excludes halogenated alkanes) is 9. The standard InChI is InChI=1S/C21H34O3/c1-3-4-5-6-7-8-9-10-11-12-17-24-18-21(22)19-13-15-20(23-2)16-14-19/h13-16H,3-12,17-18H2,1-2H3. The van der Waals surface area contributed by atoms with Gasteiger partial charge >= 0.3 is 0 Å². The second kappa shape index (κ2) is 14.0. The first-order valence-electron chi connectivity index (χ1n) is 9.53. The van der Waals surface area contributed by atoms with Gasteiger partial charge in [0, 0.05) is 12.2 Å². The van der Waals surface area contributed by atoms with E-state index in [4.69, 9.17) is 9.47 Å². The molecule has 0 aromatic heterocycles. The molecule has 1 rings (SSSR count). The van der Waals surface area contributed by atoms with Crippen molar-refractivity contribution in [1.29, 1.82) is 0 Å². The molecule has 0 radical (unpaired) electrons. The van der Waals surface area contributed by atoms with Crippen LogP contribution in [0.3, 0.4) is 0 Å². The number of benzene rings is 1. The summed E-state index contributed by atoms with van der Waals surface area (Å²) in [5.74, 6) is 0.794. The van der Waals surface area contributed by atoms with Crippen LogP contribution < -0.4 is 4.74 Å². The molecule has 24 heavy (non-hydrogen) atoms. The number of Topliss-reactive ketones (excluding diaryl/α,β-unsaturated/α-hetero) is 1. The Morgan fingerprint density at radius 3 is 1.92 bits per heavy atom. The topological polar surface area (TPSA) is 35.5 Å². The Bertz CT molecular complexity index is 425. The van der Waals surface area contributed by atoms with Crippen LogP contribution in [0.15, 0.2) is 24.3 Å². The van der Waals surface area contributed by atoms with E-state index < -0.39 is 0 Å². The Kier molecular flexibility index (Phi) is 12.1. The van der Waals surface area contributed by atoms with Gasteiger partial charge in [0.15, 0.2) is 5.78 Å². The predicted octanol–water partition coefficient (Wildman–Crippen LogP) is 5.82. The van der Waals surface area contributed by atoms with Crippen LogP contribution in [-0.4, -0.2) is 26.1 Å². The predicted molar refractivity (Wildman–Crippen MR) is 100.0 cm³/mol. The number of carbonyl (C=O) groups excluding carboxylic acids is 1. The molecule has 0 amide bonds. The van der Waals surface area contributed by atoms with Gasteiger partial charge in [-0.1, -0.05) is 64.7 Å². The first-order valence-corrected chi connectivity index (χ1v) is 9.53. The van der Waals surface area contributed by atoms with Gasteiger partial charge in [0.1, 0.15) is 12.4 Å². The van der Waals surface area contributed by atoms with E-state index in [9.17, 15) is 4.79 Å². The van der Waals surface area contributed by atoms with Gasteiger partial charge in [-0.25, -0.2) is 0 Å². The first kappa shape index (κ1) is 20.7. The second-order valence-corrected chi connectivity index (χ2v) is 6.39. The van der Waals surface area contributed by atoms with E-state index in [0.29, 0.717) is 12.2 Å². The molecule has 0 N–H and O–H groups in total. The molecular weight excluding hydrogens is 300 g/mol. The number of carbonyl (C=O) groups is 1. The fourth-order valence-electron chi connectivity index (χ4n) is 2.72. The van der Waals surface area contributed by atoms with Crippen molar-refractivity contribution in [2.24, 2.45) is 0 Å². The van der Waals surface area contributed by atoms with Gasteiger partial charge in [-0.3, -0.25) is 4.79 Å². The van der Waals surface area contributed by atoms with Crippen molar-refractivity contribution >= 4 is 5.78 Å². The maximum Gasteiger partial charge on any atom is 0.188 e. The lowest BCUT2D eigenvalue weighted by molar-refractivity contribution is 0.0752. The number of ketones is 1. The lowest BCUT2D eigenvalue weighted by Gasteiger charge is -2.05. The number of rotatable bonds is 15. The molecule has 3 nitrogen and oxygen atoms in total. The zero-order chi connectivity index (χ0) is 17.5. The molecule has 0 aliphatic heterocycles. The van der Waals surface area contributed by atoms with E-state index in [1.165, 1.54) is 57.8 Å². The van der Waals surface area contributed by atoms with Gasteiger partial charge in [-0.15, -0.1) is 0 Å². The fourth-order valence-corrected chi connectivity index (χ4v) is 2.72. The maximum absolute atomic E-state index is 12.0. The monoisotopic (exact) mass is 334 g/mol. The number of hydrogen-bond acceptors (Lipinski definition) is 3. The SMILES string of the molecule is CCCCCCCCCCCCOCC(=O)c1ccc(OC)cc1. The van der Waals surface area contributed by atoms with Crippen LogP contribution >= 0.6 is 0 Å². The quantitative estimate of drug-likeness (QED) is 0.300. The molecule has 0 saturated carbocycles. The first-order chi connectivity index (χ1) is 11.8. The van der Waals surface area contributed by atoms with Crippen LogP contribution in [0.2, 0.25) is 0 Å². The van der Waals surface area contributed by atoms with Crippen LogP contribution in [-0.2, 0) is 4.74 Å². The Morgan fingerprint density at radius 1 is 0.833 bits per heavy atom. The van der Waals surface area contributed by atoms with E-state index in [1.54, 1.807) is 31.4 Å². The minimum atomic E-state index is 0.0322. The van der Waals surface area contributed by atoms with Crippen LogP contribution in [0.1, 0.15) is 81.5 Å². The average Bonchev–Trinajstić information content (AvgIpc) is 2.62. The van der Waals surface area contributed by atoms with Crippen molar-refractivity contribution in [2.75, 3.05) is 20.3 Å². The van der Waals surface area contributed by atoms with Crippen LogP contribution in [0.25, 0.3) is 0 Å². The van der Waals surface area contributed by atoms with E-state index in [2.05, 4.69) is 6.92 Å². The second-order valence-electron chi connectivity index (χ2n) is 6.39. The van der Waals surface area contributed by atoms with Crippen molar-refractivity contribution in [1.82, 2.24) is 0 Å². The summed E-state index contributed by atoms with van der Waals surface area (Å²) in [5.41, 5.74) is 0.680. The van der Waals surface area contributed by atoms with Crippen molar-refractivity contribution in [3.8, 4) is 5.75 Å². The molecule has 0 saturated heterocycles. The van der Waals surface area contributed by atoms with Gasteiger partial charge in [0.05, 0.1) is 7.11 Å². The minimum Gasteiger partial charge on any atom is -0.497 e. The number of hydrogen-bond donors (Lipinski definition) is 0. The van der Waals surface area contributed by atoms with E-state index in [0.717, 1.165) is 12.2 Å². The average molecular weight is 334 g/mol. The van der Waals surface area contributed by atoms with Crippen molar-refractivity contribution < 1.29 is 14.3 Å². The summed E-state index contributed by atoms with van der Waals surface area (Å²) in [4.78, 5) is 12.0. The fraction of sp³-hybridized carbons (Fsp3) is 0.667. The third-order valence-corrected chi connectivity index (χ3v) is 4.29. The highest BCUT2D eigenvalue weighted by Gasteiger charge is 2.05. The van der Waals surface area contributed by atoms with Gasteiger partial charge in [-0.2, -0.15) is 0 Å². The Hall–Kier alpha value is -1.35. The lowest BCUT2D eigenvalue weighted by Crippen LogP contribution is -2.09. The molecule has 0 aliphatic rings. The summed E-state index contributed by atoms with van der Waals surface area (Å²) in [6.07, 6.45) is 13.1. The number of ether oxygens (including phenoxy) is 2. The summed E-state index contributed by atoms with van der Waals surface area (Å²) in [6, 6.07) is 7.17. The molecule has 1 aromatic rings. The Morgan fingerprint density at radius 2 is 1.38 bits per heavy atom. The zero-order valence-corrected chi connectivity index (χ0v) is 15.5.